The lowest BCUT2D eigenvalue weighted by Gasteiger charge is -2.22. The number of allylic oxidation sites excluding steroid dienone is 6. The van der Waals surface area contributed by atoms with E-state index in [9.17, 15) is 9.59 Å². The number of esters is 1. The van der Waals surface area contributed by atoms with Gasteiger partial charge in [-0.1, -0.05) is 52.0 Å². The highest BCUT2D eigenvalue weighted by Crippen LogP contribution is 2.23. The Morgan fingerprint density at radius 1 is 1.22 bits per heavy atom. The molecule has 0 radical (unpaired) electrons. The van der Waals surface area contributed by atoms with Gasteiger partial charge in [0.25, 0.3) is 0 Å². The van der Waals surface area contributed by atoms with Crippen LogP contribution in [0.3, 0.4) is 0 Å². The van der Waals surface area contributed by atoms with Crippen LogP contribution in [0.5, 0.6) is 0 Å². The van der Waals surface area contributed by atoms with E-state index in [4.69, 9.17) is 9.47 Å². The van der Waals surface area contributed by atoms with Gasteiger partial charge in [0, 0.05) is 32.6 Å². The fraction of sp³-hybridized carbons (Fsp3) is 0.548. The van der Waals surface area contributed by atoms with Crippen LogP contribution < -0.4 is 5.32 Å². The third-order valence-electron chi connectivity index (χ3n) is 6.02. The molecule has 0 fully saturated rings. The number of Topliss-reactive ketones (excluding diaryl/α,β-unsaturated/α-hetero) is 1. The van der Waals surface area contributed by atoms with Gasteiger partial charge < -0.3 is 14.8 Å². The molecule has 0 spiro atoms. The van der Waals surface area contributed by atoms with Crippen LogP contribution in [0, 0.1) is 11.8 Å². The lowest BCUT2D eigenvalue weighted by Crippen LogP contribution is -2.26. The van der Waals surface area contributed by atoms with E-state index in [1.165, 1.54) is 0 Å². The second-order valence-electron chi connectivity index (χ2n) is 10.4. The number of ketones is 1. The molecule has 202 valence electrons. The predicted octanol–water partition coefficient (Wildman–Crippen LogP) is 7.39. The third kappa shape index (κ3) is 12.2. The molecule has 0 unspecified atom stereocenters. The van der Waals surface area contributed by atoms with Crippen LogP contribution >= 0.6 is 0 Å². The number of hydrogen-bond acceptors (Lipinski definition) is 5. The Bertz CT molecular complexity index is 889. The summed E-state index contributed by atoms with van der Waals surface area (Å²) in [5.41, 5.74) is 1.89. The summed E-state index contributed by atoms with van der Waals surface area (Å²) in [5.74, 6) is 0.631. The minimum absolute atomic E-state index is 0. The summed E-state index contributed by atoms with van der Waals surface area (Å²) in [6.07, 6.45) is 17.6. The molecule has 1 aliphatic carbocycles. The van der Waals surface area contributed by atoms with E-state index in [1.54, 1.807) is 6.08 Å². The van der Waals surface area contributed by atoms with E-state index in [2.05, 4.69) is 37.6 Å². The maximum Gasteiger partial charge on any atom is 0.334 e. The summed E-state index contributed by atoms with van der Waals surface area (Å²) >= 11 is 0. The first-order chi connectivity index (χ1) is 17.0. The van der Waals surface area contributed by atoms with Gasteiger partial charge in [0.05, 0.1) is 6.61 Å². The van der Waals surface area contributed by atoms with Gasteiger partial charge >= 0.3 is 5.97 Å². The molecule has 0 saturated carbocycles. The number of unbranched alkanes of at least 4 members (excludes halogenated alkanes) is 1. The minimum atomic E-state index is -0.576. The Morgan fingerprint density at radius 2 is 1.94 bits per heavy atom. The van der Waals surface area contributed by atoms with Crippen LogP contribution in [0.2, 0.25) is 0 Å². The molecule has 2 atom stereocenters. The molecule has 0 bridgehead atoms. The van der Waals surface area contributed by atoms with Crippen molar-refractivity contribution >= 4 is 11.8 Å². The van der Waals surface area contributed by atoms with Crippen molar-refractivity contribution in [1.82, 2.24) is 5.32 Å². The SMILES string of the molecule is C=C/C=C(\NC)C1=CCC=C(OC[C@H](CCCC)CCC(=O)C[C@H](C)C(=C)C(=O)OC(C)(C)C)C=C1.[HH]. The quantitative estimate of drug-likeness (QED) is 0.136. The van der Waals surface area contributed by atoms with Gasteiger partial charge in [0.1, 0.15) is 17.1 Å². The van der Waals surface area contributed by atoms with Crippen molar-refractivity contribution in [3.05, 3.63) is 72.2 Å². The molecule has 0 aromatic heterocycles. The average Bonchev–Trinajstić information content (AvgIpc) is 3.06. The third-order valence-corrected chi connectivity index (χ3v) is 6.02. The summed E-state index contributed by atoms with van der Waals surface area (Å²) in [7, 11) is 1.90. The molecular weight excluding hydrogens is 450 g/mol. The normalized spacial score (nSPS) is 15.7. The van der Waals surface area contributed by atoms with Gasteiger partial charge in [-0.05, 0) is 81.7 Å². The Labute approximate surface area is 220 Å². The number of rotatable bonds is 16. The molecule has 0 amide bonds. The second-order valence-corrected chi connectivity index (χ2v) is 10.4. The van der Waals surface area contributed by atoms with Crippen LogP contribution in [0.4, 0.5) is 0 Å². The van der Waals surface area contributed by atoms with Crippen LogP contribution in [-0.4, -0.2) is 31.0 Å². The zero-order valence-corrected chi connectivity index (χ0v) is 23.3. The summed E-state index contributed by atoms with van der Waals surface area (Å²) in [6.45, 7) is 17.7. The first kappa shape index (κ1) is 31.2. The van der Waals surface area contributed by atoms with Gasteiger partial charge in [0.15, 0.2) is 0 Å². The molecule has 0 aromatic rings. The highest BCUT2D eigenvalue weighted by atomic mass is 16.6. The number of likely N-dealkylation sites (N-methyl/N-ethyl adjacent to an activating group) is 1. The number of carbonyl (C=O) groups is 2. The van der Waals surface area contributed by atoms with Crippen LogP contribution in [0.15, 0.2) is 72.2 Å². The molecule has 1 rings (SSSR count). The van der Waals surface area contributed by atoms with E-state index in [0.717, 1.165) is 49.1 Å². The molecule has 1 N–H and O–H groups in total. The Balaban J connectivity index is 0.0000130. The number of nitrogens with one attached hydrogen (secondary N) is 1. The lowest BCUT2D eigenvalue weighted by atomic mass is 9.91. The fourth-order valence-electron chi connectivity index (χ4n) is 3.85. The maximum atomic E-state index is 12.7. The van der Waals surface area contributed by atoms with Crippen molar-refractivity contribution in [3.63, 3.8) is 0 Å². The largest absolute Gasteiger partial charge is 0.494 e. The average molecular weight is 500 g/mol. The predicted molar refractivity (Wildman–Crippen MR) is 151 cm³/mol. The molecule has 36 heavy (non-hydrogen) atoms. The first-order valence-electron chi connectivity index (χ1n) is 13.2. The van der Waals surface area contributed by atoms with Crippen LogP contribution in [0.1, 0.15) is 81.0 Å². The molecule has 0 aliphatic heterocycles. The van der Waals surface area contributed by atoms with Gasteiger partial charge in [-0.2, -0.15) is 0 Å². The fourth-order valence-corrected chi connectivity index (χ4v) is 3.85. The van der Waals surface area contributed by atoms with Gasteiger partial charge in [-0.25, -0.2) is 4.79 Å². The first-order valence-corrected chi connectivity index (χ1v) is 13.2. The van der Waals surface area contributed by atoms with Crippen LogP contribution in [-0.2, 0) is 19.1 Å². The standard InChI is InChI=1S/C31H47NO4.H2/c1-9-11-14-25(17-19-27(33)21-23(3)24(4)30(34)36-31(5,6)7)22-35-28-16-12-15-26(18-20-28)29(32-8)13-10-2;/h10,13,15-16,18,20,23,25,32H,2,4,9,11-12,14,17,19,21-22H2,1,3,5-8H3;1H/b29-13-;/t23-,25+;/m0./s1. The summed E-state index contributed by atoms with van der Waals surface area (Å²) in [5, 5.41) is 3.20. The Hall–Kier alpha value is -2.82. The summed E-state index contributed by atoms with van der Waals surface area (Å²) in [4.78, 5) is 25.0. The van der Waals surface area contributed by atoms with E-state index in [0.29, 0.717) is 30.9 Å². The number of ether oxygens (including phenoxy) is 2. The zero-order valence-electron chi connectivity index (χ0n) is 23.3. The van der Waals surface area contributed by atoms with Gasteiger partial charge in [-0.15, -0.1) is 0 Å². The van der Waals surface area contributed by atoms with Crippen molar-refractivity contribution in [2.24, 2.45) is 11.8 Å². The van der Waals surface area contributed by atoms with E-state index in [-0.39, 0.29) is 13.1 Å². The van der Waals surface area contributed by atoms with Gasteiger partial charge in [-0.3, -0.25) is 4.79 Å². The molecule has 0 heterocycles. The van der Waals surface area contributed by atoms with E-state index in [1.807, 2.05) is 53.0 Å². The van der Waals surface area contributed by atoms with Crippen molar-refractivity contribution in [1.29, 1.82) is 0 Å². The molecule has 0 aromatic carbocycles. The molecule has 0 saturated heterocycles. The smallest absolute Gasteiger partial charge is 0.334 e. The van der Waals surface area contributed by atoms with E-state index >= 15 is 0 Å². The van der Waals surface area contributed by atoms with Crippen molar-refractivity contribution in [2.75, 3.05) is 13.7 Å². The second kappa shape index (κ2) is 16.0. The van der Waals surface area contributed by atoms with Crippen molar-refractivity contribution in [2.45, 2.75) is 85.2 Å². The summed E-state index contributed by atoms with van der Waals surface area (Å²) < 4.78 is 11.6. The van der Waals surface area contributed by atoms with Gasteiger partial charge in [0.2, 0.25) is 0 Å². The molecular formula is C31H49NO4. The highest BCUT2D eigenvalue weighted by molar-refractivity contribution is 5.90. The topological polar surface area (TPSA) is 64.6 Å². The number of carbonyl (C=O) groups excluding carboxylic acids is 2. The molecule has 5 nitrogen and oxygen atoms in total. The zero-order chi connectivity index (χ0) is 27.1. The lowest BCUT2D eigenvalue weighted by molar-refractivity contribution is -0.150. The number of hydrogen-bond donors (Lipinski definition) is 1. The Morgan fingerprint density at radius 3 is 2.56 bits per heavy atom. The van der Waals surface area contributed by atoms with Crippen molar-refractivity contribution < 1.29 is 20.5 Å². The Kier molecular flexibility index (Phi) is 13.9. The van der Waals surface area contributed by atoms with Crippen molar-refractivity contribution in [3.8, 4) is 0 Å². The highest BCUT2D eigenvalue weighted by Gasteiger charge is 2.24. The summed E-state index contributed by atoms with van der Waals surface area (Å²) in [6, 6.07) is 0. The monoisotopic (exact) mass is 499 g/mol. The van der Waals surface area contributed by atoms with Crippen LogP contribution in [0.25, 0.3) is 0 Å². The van der Waals surface area contributed by atoms with E-state index < -0.39 is 11.6 Å². The minimum Gasteiger partial charge on any atom is -0.494 e. The molecule has 1 aliphatic rings. The molecule has 5 heteroatoms. The maximum absolute atomic E-state index is 12.7.